The van der Waals surface area contributed by atoms with Crippen molar-refractivity contribution in [2.45, 2.75) is 209 Å². The van der Waals surface area contributed by atoms with E-state index in [1.807, 2.05) is 31.2 Å². The number of nitrogens with zero attached hydrogens (tertiary/aromatic N) is 5. The maximum atomic E-state index is 13.9. The first-order valence-corrected chi connectivity index (χ1v) is 38.0. The summed E-state index contributed by atoms with van der Waals surface area (Å²) in [5.41, 5.74) is 18.5. The van der Waals surface area contributed by atoms with Crippen LogP contribution in [0.15, 0.2) is 54.1 Å². The van der Waals surface area contributed by atoms with Gasteiger partial charge in [0.1, 0.15) is 36.1 Å². The number of aryl methyl sites for hydroxylation is 2. The third kappa shape index (κ3) is 20.0. The maximum absolute atomic E-state index is 13.9. The molecule has 1 saturated heterocycles. The van der Waals surface area contributed by atoms with E-state index in [-0.39, 0.29) is 76.6 Å². The number of carbonyl (C=O) groups is 5. The molecule has 3 saturated carbocycles. The highest BCUT2D eigenvalue weighted by molar-refractivity contribution is 6.07. The summed E-state index contributed by atoms with van der Waals surface area (Å²) in [4.78, 5) is 80.1. The number of primary amides is 1. The smallest absolute Gasteiger partial charge is 0.407 e. The molecule has 0 unspecified atom stereocenters. The number of imidazole rings is 1. The van der Waals surface area contributed by atoms with Crippen molar-refractivity contribution >= 4 is 63.3 Å². The lowest BCUT2D eigenvalue weighted by Crippen LogP contribution is -2.55. The molecular weight excluding hydrogens is 1260 g/mol. The topological polar surface area (TPSA) is 303 Å². The number of nitrogens with one attached hydrogen (secondary N) is 5. The van der Waals surface area contributed by atoms with Gasteiger partial charge in [-0.3, -0.25) is 19.3 Å². The molecule has 6 amide bonds. The Morgan fingerprint density at radius 3 is 2.23 bits per heavy atom. The summed E-state index contributed by atoms with van der Waals surface area (Å²) >= 11 is 0. The fourth-order valence-corrected chi connectivity index (χ4v) is 17.6. The number of fused-ring (bicyclic) bond motifs is 8. The number of pyridine rings is 1. The molecule has 100 heavy (non-hydrogen) atoms. The van der Waals surface area contributed by atoms with Gasteiger partial charge in [-0.15, -0.1) is 0 Å². The Balaban J connectivity index is 0.655. The molecule has 4 fully saturated rings. The Bertz CT molecular complexity index is 3380. The minimum atomic E-state index is -0.997. The SMILES string of the molecule is CCCCc1nc2c(N)nc3cc(CCCN4CCN(Cc5ccc(NC(=O)[C@H](CCCNC(N)=O)NC(=O)[C@@H](NC(=O)COCCOCCNC(=O)O[C@H]6CC[C@@]7(C)C(=CC[C@H]8[C@@H]9CC[C@H]([C@H](C)CCCC(C)C)[C@@]9(C)CC[C@@H]87)C6)C(C)C)cc5)CC4)ccc3c2n1CC(C)(CO)CO. The van der Waals surface area contributed by atoms with Crippen molar-refractivity contribution in [1.29, 1.82) is 0 Å². The Kier molecular flexibility index (Phi) is 28.1. The molecule has 5 aliphatic rings. The lowest BCUT2D eigenvalue weighted by atomic mass is 9.47. The summed E-state index contributed by atoms with van der Waals surface area (Å²) in [5.74, 6) is 4.13. The maximum Gasteiger partial charge on any atom is 0.407 e. The van der Waals surface area contributed by atoms with E-state index in [0.717, 1.165) is 154 Å². The Labute approximate surface area is 594 Å². The summed E-state index contributed by atoms with van der Waals surface area (Å²) in [6, 6.07) is 11.4. The van der Waals surface area contributed by atoms with Crippen LogP contribution in [0.2, 0.25) is 0 Å². The number of piperazine rings is 1. The van der Waals surface area contributed by atoms with E-state index in [0.29, 0.717) is 41.3 Å². The second-order valence-electron chi connectivity index (χ2n) is 31.7. The molecule has 3 heterocycles. The van der Waals surface area contributed by atoms with Crippen LogP contribution < -0.4 is 38.1 Å². The first kappa shape index (κ1) is 77.7. The summed E-state index contributed by atoms with van der Waals surface area (Å²) in [5, 5.41) is 35.3. The lowest BCUT2D eigenvalue weighted by molar-refractivity contribution is -0.134. The van der Waals surface area contributed by atoms with Crippen molar-refractivity contribution in [3.8, 4) is 0 Å². The Morgan fingerprint density at radius 2 is 1.51 bits per heavy atom. The van der Waals surface area contributed by atoms with Crippen LogP contribution >= 0.6 is 0 Å². The van der Waals surface area contributed by atoms with Gasteiger partial charge in [0, 0.05) is 81.7 Å². The van der Waals surface area contributed by atoms with E-state index in [2.05, 4.69) is 107 Å². The molecule has 2 aromatic carbocycles. The number of aliphatic hydroxyl groups is 2. The number of carbonyl (C=O) groups excluding carboxylic acids is 5. The summed E-state index contributed by atoms with van der Waals surface area (Å²) in [6.45, 7) is 26.2. The Hall–Kier alpha value is -6.43. The highest BCUT2D eigenvalue weighted by Crippen LogP contribution is 2.67. The number of unbranched alkanes of at least 4 members (excludes halogenated alkanes) is 1. The number of rotatable bonds is 37. The summed E-state index contributed by atoms with van der Waals surface area (Å²) in [6.07, 6.45) is 20.5. The predicted molar refractivity (Wildman–Crippen MR) is 394 cm³/mol. The number of benzene rings is 2. The molecule has 22 heteroatoms. The average molecular weight is 1390 g/mol. The molecule has 2 aromatic heterocycles. The van der Waals surface area contributed by atoms with Crippen molar-refractivity contribution < 1.29 is 48.4 Å². The first-order valence-electron chi connectivity index (χ1n) is 38.0. The van der Waals surface area contributed by atoms with Gasteiger partial charge in [0.2, 0.25) is 17.7 Å². The van der Waals surface area contributed by atoms with E-state index in [4.69, 9.17) is 35.6 Å². The van der Waals surface area contributed by atoms with Crippen molar-refractivity contribution in [2.24, 2.45) is 63.4 Å². The number of allylic oxidation sites excluding steroid dienone is 1. The molecule has 0 bridgehead atoms. The van der Waals surface area contributed by atoms with Crippen LogP contribution in [0.5, 0.6) is 0 Å². The van der Waals surface area contributed by atoms with E-state index >= 15 is 0 Å². The zero-order valence-corrected chi connectivity index (χ0v) is 61.8. The average Bonchev–Trinajstić information content (AvgIpc) is 1.37. The summed E-state index contributed by atoms with van der Waals surface area (Å²) < 4.78 is 19.4. The molecule has 0 spiro atoms. The molecule has 1 aliphatic heterocycles. The third-order valence-corrected chi connectivity index (χ3v) is 23.5. The molecule has 9 rings (SSSR count). The number of ether oxygens (including phenoxy) is 3. The monoisotopic (exact) mass is 1390 g/mol. The van der Waals surface area contributed by atoms with Crippen molar-refractivity contribution in [1.82, 2.24) is 45.6 Å². The Morgan fingerprint density at radius 1 is 0.770 bits per heavy atom. The van der Waals surface area contributed by atoms with Gasteiger partial charge in [-0.25, -0.2) is 19.6 Å². The number of aromatic nitrogens is 3. The number of urea groups is 1. The largest absolute Gasteiger partial charge is 0.446 e. The zero-order chi connectivity index (χ0) is 71.7. The van der Waals surface area contributed by atoms with Crippen molar-refractivity contribution in [3.05, 3.63) is 71.1 Å². The summed E-state index contributed by atoms with van der Waals surface area (Å²) in [7, 11) is 0. The second kappa shape index (κ2) is 36.1. The van der Waals surface area contributed by atoms with Crippen LogP contribution in [0, 0.1) is 57.7 Å². The van der Waals surface area contributed by atoms with Gasteiger partial charge < -0.3 is 71.9 Å². The van der Waals surface area contributed by atoms with Gasteiger partial charge in [0.05, 0.1) is 44.1 Å². The van der Waals surface area contributed by atoms with Crippen LogP contribution in [-0.4, -0.2) is 168 Å². The standard InChI is InChI=1S/C78H122N12O10/c1-10-11-19-66-86-69-70(90(66)48-76(7,49-91)50-92)60-26-22-54(44-65(60)84-71(69)79)17-14-36-88-37-39-89(40-38-88)46-55-20-24-57(25-21-55)83-72(94)64(18-13-34-81-74(80)96)85-73(95)68(52(4)5)87-67(93)47-99-43-42-98-41-35-82-75(97)100-58-30-32-77(8)56(45-58)23-27-59-62-29-28-61(53(6)16-12-15-51(2)3)78(62,9)33-31-63(59)77/h20-26,44,51-53,58-59,61-64,68,91-92H,10-19,27-43,45-50H2,1-9H3,(H2,79,84)(H,82,97)(H,83,94)(H,85,95)(H,87,93)(H3,80,81,96)/t53-,58+,59+,61-,62+,63+,64+,68+,77+,78-/m1/s1. The molecule has 11 N–H and O–H groups in total. The quantitative estimate of drug-likeness (QED) is 0.0150. The van der Waals surface area contributed by atoms with E-state index in [9.17, 15) is 34.2 Å². The van der Waals surface area contributed by atoms with Gasteiger partial charge in [0.15, 0.2) is 5.82 Å². The number of amides is 6. The van der Waals surface area contributed by atoms with Crippen LogP contribution in [0.1, 0.15) is 182 Å². The van der Waals surface area contributed by atoms with Gasteiger partial charge in [-0.2, -0.15) is 0 Å². The number of anilines is 2. The second-order valence-corrected chi connectivity index (χ2v) is 31.7. The number of hydrogen-bond donors (Lipinski definition) is 9. The molecule has 22 nitrogen and oxygen atoms in total. The van der Waals surface area contributed by atoms with Gasteiger partial charge in [-0.05, 0) is 165 Å². The normalized spacial score (nSPS) is 23.5. The zero-order valence-electron chi connectivity index (χ0n) is 61.8. The van der Waals surface area contributed by atoms with Crippen molar-refractivity contribution in [2.75, 3.05) is 96.5 Å². The highest BCUT2D eigenvalue weighted by atomic mass is 16.6. The number of nitrogen functional groups attached to an aromatic ring is 1. The fourth-order valence-electron chi connectivity index (χ4n) is 17.6. The van der Waals surface area contributed by atoms with E-state index in [1.54, 1.807) is 13.8 Å². The van der Waals surface area contributed by atoms with Gasteiger partial charge in [-0.1, -0.05) is 124 Å². The van der Waals surface area contributed by atoms with Crippen molar-refractivity contribution in [3.63, 3.8) is 0 Å². The van der Waals surface area contributed by atoms with Crippen LogP contribution in [0.4, 0.5) is 21.1 Å². The predicted octanol–water partition coefficient (Wildman–Crippen LogP) is 10.4. The highest BCUT2D eigenvalue weighted by Gasteiger charge is 2.59. The van der Waals surface area contributed by atoms with Crippen LogP contribution in [-0.2, 0) is 54.5 Å². The number of hydrogen-bond acceptors (Lipinski definition) is 15. The molecule has 4 aromatic rings. The molecule has 10 atom stereocenters. The molecular formula is C78H122N12O10. The fraction of sp³-hybridized carbons (Fsp3) is 0.705. The van der Waals surface area contributed by atoms with E-state index in [1.165, 1.54) is 56.1 Å². The molecule has 0 radical (unpaired) electrons. The minimum Gasteiger partial charge on any atom is -0.446 e. The van der Waals surface area contributed by atoms with Gasteiger partial charge >= 0.3 is 12.1 Å². The third-order valence-electron chi connectivity index (χ3n) is 23.5. The van der Waals surface area contributed by atoms with Crippen LogP contribution in [0.3, 0.4) is 0 Å². The number of nitrogens with two attached hydrogens (primary N) is 2. The first-order chi connectivity index (χ1) is 47.9. The molecule has 4 aliphatic carbocycles. The minimum absolute atomic E-state index is 0.111. The van der Waals surface area contributed by atoms with Crippen LogP contribution in [0.25, 0.3) is 21.9 Å². The number of aliphatic hydroxyl groups excluding tert-OH is 2. The number of alkyl carbamates (subject to hydrolysis) is 1. The molecule has 554 valence electrons. The van der Waals surface area contributed by atoms with Gasteiger partial charge in [0.25, 0.3) is 0 Å². The van der Waals surface area contributed by atoms with E-state index < -0.39 is 47.3 Å². The lowest BCUT2D eigenvalue weighted by Gasteiger charge is -2.58.